The number of nitrogens with zero attached hydrogens (tertiary/aromatic N) is 1. The van der Waals surface area contributed by atoms with E-state index in [0.717, 1.165) is 18.4 Å². The van der Waals surface area contributed by atoms with Crippen LogP contribution in [0, 0.1) is 0 Å². The average molecular weight is 247 g/mol. The van der Waals surface area contributed by atoms with Crippen LogP contribution in [0.25, 0.3) is 5.76 Å². The maximum Gasteiger partial charge on any atom is 0.162 e. The summed E-state index contributed by atoms with van der Waals surface area (Å²) in [6.45, 7) is 6.05. The molecule has 0 saturated heterocycles. The number of pyridine rings is 1. The van der Waals surface area contributed by atoms with Crippen LogP contribution in [0.4, 0.5) is 0 Å². The number of aromatic nitrogens is 1. The maximum atomic E-state index is 11.5. The Balaban J connectivity index is 0.000000771. The van der Waals surface area contributed by atoms with Crippen molar-refractivity contribution in [3.63, 3.8) is 0 Å². The van der Waals surface area contributed by atoms with Gasteiger partial charge in [-0.2, -0.15) is 0 Å². The largest absolute Gasteiger partial charge is 0.505 e. The lowest BCUT2D eigenvalue weighted by atomic mass is 10.1. The van der Waals surface area contributed by atoms with Crippen molar-refractivity contribution in [2.24, 2.45) is 0 Å². The predicted molar refractivity (Wildman–Crippen MR) is 73.4 cm³/mol. The summed E-state index contributed by atoms with van der Waals surface area (Å²) < 4.78 is 0. The fraction of sp³-hybridized carbons (Fsp3) is 0.467. The van der Waals surface area contributed by atoms with Crippen LogP contribution in [0.1, 0.15) is 51.3 Å². The van der Waals surface area contributed by atoms with Crippen molar-refractivity contribution in [2.75, 3.05) is 0 Å². The minimum absolute atomic E-state index is 0.0567. The molecule has 0 amide bonds. The summed E-state index contributed by atoms with van der Waals surface area (Å²) in [5.41, 5.74) is 2.17. The van der Waals surface area contributed by atoms with E-state index in [1.165, 1.54) is 0 Å². The van der Waals surface area contributed by atoms with E-state index in [4.69, 9.17) is 0 Å². The van der Waals surface area contributed by atoms with Crippen molar-refractivity contribution in [3.05, 3.63) is 35.2 Å². The van der Waals surface area contributed by atoms with Gasteiger partial charge in [0.05, 0.1) is 0 Å². The van der Waals surface area contributed by atoms with Crippen LogP contribution >= 0.6 is 0 Å². The quantitative estimate of drug-likeness (QED) is 0.640. The number of aryl methyl sites for hydroxylation is 1. The second kappa shape index (κ2) is 6.94. The maximum absolute atomic E-state index is 11.5. The van der Waals surface area contributed by atoms with Gasteiger partial charge < -0.3 is 5.11 Å². The van der Waals surface area contributed by atoms with Crippen molar-refractivity contribution in [1.29, 1.82) is 0 Å². The highest BCUT2D eigenvalue weighted by molar-refractivity contribution is 6.02. The Kier molecular flexibility index (Phi) is 5.56. The number of aliphatic hydroxyl groups excluding tert-OH is 1. The minimum atomic E-state index is 0.0567. The molecule has 1 aromatic heterocycles. The van der Waals surface area contributed by atoms with Gasteiger partial charge in [-0.05, 0) is 37.0 Å². The summed E-state index contributed by atoms with van der Waals surface area (Å²) in [4.78, 5) is 15.6. The van der Waals surface area contributed by atoms with Gasteiger partial charge in [0.2, 0.25) is 0 Å². The van der Waals surface area contributed by atoms with Crippen LogP contribution in [0.3, 0.4) is 0 Å². The van der Waals surface area contributed by atoms with Crippen LogP contribution in [0.5, 0.6) is 0 Å². The van der Waals surface area contributed by atoms with Crippen molar-refractivity contribution in [1.82, 2.24) is 4.98 Å². The third-order valence-corrected chi connectivity index (χ3v) is 2.93. The van der Waals surface area contributed by atoms with Gasteiger partial charge in [-0.25, -0.2) is 0 Å². The van der Waals surface area contributed by atoms with E-state index < -0.39 is 0 Å². The highest BCUT2D eigenvalue weighted by Gasteiger charge is 2.22. The first kappa shape index (κ1) is 14.4. The molecule has 1 aliphatic carbocycles. The SMILES string of the molecule is CC.CCc1ccnc(/C(O)=C2\CCCC2=O)c1. The predicted octanol–water partition coefficient (Wildman–Crippen LogP) is 3.69. The second-order valence-corrected chi connectivity index (χ2v) is 4.01. The highest BCUT2D eigenvalue weighted by atomic mass is 16.3. The Hall–Kier alpha value is -1.64. The van der Waals surface area contributed by atoms with Gasteiger partial charge in [-0.1, -0.05) is 20.8 Å². The van der Waals surface area contributed by atoms with Crippen LogP contribution in [0.15, 0.2) is 23.9 Å². The fourth-order valence-corrected chi connectivity index (χ4v) is 1.94. The summed E-state index contributed by atoms with van der Waals surface area (Å²) in [5, 5.41) is 10.0. The lowest BCUT2D eigenvalue weighted by Crippen LogP contribution is -1.99. The summed E-state index contributed by atoms with van der Waals surface area (Å²) >= 11 is 0. The molecule has 0 spiro atoms. The molecular formula is C15H21NO2. The van der Waals surface area contributed by atoms with Crippen LogP contribution < -0.4 is 0 Å². The van der Waals surface area contributed by atoms with E-state index >= 15 is 0 Å². The number of allylic oxidation sites excluding steroid dienone is 1. The van der Waals surface area contributed by atoms with Gasteiger partial charge >= 0.3 is 0 Å². The smallest absolute Gasteiger partial charge is 0.162 e. The molecule has 3 nitrogen and oxygen atoms in total. The first-order valence-electron chi connectivity index (χ1n) is 6.63. The highest BCUT2D eigenvalue weighted by Crippen LogP contribution is 2.27. The second-order valence-electron chi connectivity index (χ2n) is 4.01. The number of rotatable bonds is 2. The molecule has 98 valence electrons. The summed E-state index contributed by atoms with van der Waals surface area (Å²) in [7, 11) is 0. The summed E-state index contributed by atoms with van der Waals surface area (Å²) in [6.07, 6.45) is 4.62. The molecule has 2 rings (SSSR count). The molecule has 1 N–H and O–H groups in total. The fourth-order valence-electron chi connectivity index (χ4n) is 1.94. The Morgan fingerprint density at radius 3 is 2.67 bits per heavy atom. The van der Waals surface area contributed by atoms with Crippen molar-refractivity contribution in [3.8, 4) is 0 Å². The molecule has 0 aromatic carbocycles. The van der Waals surface area contributed by atoms with E-state index in [9.17, 15) is 9.90 Å². The van der Waals surface area contributed by atoms with Crippen molar-refractivity contribution in [2.45, 2.75) is 46.5 Å². The molecule has 0 atom stereocenters. The number of ketones is 1. The molecule has 1 saturated carbocycles. The number of carbonyl (C=O) groups excluding carboxylic acids is 1. The molecule has 3 heteroatoms. The van der Waals surface area contributed by atoms with Gasteiger partial charge in [0.15, 0.2) is 5.78 Å². The molecule has 1 fully saturated rings. The standard InChI is InChI=1S/C13H15NO2.C2H6/c1-2-9-6-7-14-11(8-9)13(16)10-4-3-5-12(10)15;1-2/h6-8,16H,2-5H2,1H3;1-2H3/b13-10-;. The van der Waals surface area contributed by atoms with Gasteiger partial charge in [-0.15, -0.1) is 0 Å². The van der Waals surface area contributed by atoms with Gasteiger partial charge in [-0.3, -0.25) is 9.78 Å². The Labute approximate surface area is 109 Å². The van der Waals surface area contributed by atoms with Crippen LogP contribution in [-0.4, -0.2) is 15.9 Å². The topological polar surface area (TPSA) is 50.2 Å². The zero-order chi connectivity index (χ0) is 13.5. The molecule has 1 aliphatic rings. The Bertz CT molecular complexity index is 450. The minimum Gasteiger partial charge on any atom is -0.505 e. The lowest BCUT2D eigenvalue weighted by molar-refractivity contribution is -0.114. The third kappa shape index (κ3) is 3.19. The first-order valence-corrected chi connectivity index (χ1v) is 6.63. The van der Waals surface area contributed by atoms with Gasteiger partial charge in [0, 0.05) is 18.2 Å². The Morgan fingerprint density at radius 1 is 1.39 bits per heavy atom. The zero-order valence-corrected chi connectivity index (χ0v) is 11.4. The van der Waals surface area contributed by atoms with E-state index in [2.05, 4.69) is 4.98 Å². The number of aliphatic hydroxyl groups is 1. The summed E-state index contributed by atoms with van der Waals surface area (Å²) in [6, 6.07) is 3.76. The molecule has 0 aliphatic heterocycles. The van der Waals surface area contributed by atoms with Crippen LogP contribution in [-0.2, 0) is 11.2 Å². The molecule has 0 bridgehead atoms. The van der Waals surface area contributed by atoms with E-state index in [1.54, 1.807) is 6.20 Å². The Morgan fingerprint density at radius 2 is 2.11 bits per heavy atom. The molecule has 18 heavy (non-hydrogen) atoms. The molecule has 0 unspecified atom stereocenters. The molecule has 0 radical (unpaired) electrons. The number of Topliss-reactive ketones (excluding diaryl/α,β-unsaturated/α-hetero) is 1. The van der Waals surface area contributed by atoms with Gasteiger partial charge in [0.1, 0.15) is 11.5 Å². The number of carbonyl (C=O) groups is 1. The van der Waals surface area contributed by atoms with E-state index in [-0.39, 0.29) is 11.5 Å². The van der Waals surface area contributed by atoms with E-state index in [1.807, 2.05) is 32.9 Å². The zero-order valence-electron chi connectivity index (χ0n) is 11.4. The molecular weight excluding hydrogens is 226 g/mol. The molecule has 1 aromatic rings. The van der Waals surface area contributed by atoms with E-state index in [0.29, 0.717) is 24.1 Å². The monoisotopic (exact) mass is 247 g/mol. The number of hydrogen-bond acceptors (Lipinski definition) is 3. The molecule has 1 heterocycles. The van der Waals surface area contributed by atoms with Gasteiger partial charge in [0.25, 0.3) is 0 Å². The summed E-state index contributed by atoms with van der Waals surface area (Å²) in [5.74, 6) is 0.124. The average Bonchev–Trinajstić information content (AvgIpc) is 2.86. The first-order chi connectivity index (χ1) is 8.72. The normalized spacial score (nSPS) is 17.2. The number of hydrogen-bond donors (Lipinski definition) is 1. The third-order valence-electron chi connectivity index (χ3n) is 2.93. The van der Waals surface area contributed by atoms with Crippen molar-refractivity contribution >= 4 is 11.5 Å². The van der Waals surface area contributed by atoms with Crippen LogP contribution in [0.2, 0.25) is 0 Å². The lowest BCUT2D eigenvalue weighted by Gasteiger charge is -2.04. The van der Waals surface area contributed by atoms with Crippen molar-refractivity contribution < 1.29 is 9.90 Å².